The van der Waals surface area contributed by atoms with E-state index in [9.17, 15) is 5.48 Å². The number of fused-ring (bicyclic) bond motifs is 24. The average molecular weight is 1900 g/mol. The molecule has 12 bridgehead atoms. The Kier molecular flexibility index (Phi) is 13.3. The summed E-state index contributed by atoms with van der Waals surface area (Å²) in [7, 11) is -2.87. The van der Waals surface area contributed by atoms with Gasteiger partial charge in [-0.25, -0.2) is 0 Å². The van der Waals surface area contributed by atoms with Crippen LogP contribution in [0, 0.1) is 71.0 Å². The van der Waals surface area contributed by atoms with Crippen molar-refractivity contribution < 1.29 is 27.4 Å². The lowest BCUT2D eigenvalue weighted by atomic mass is 9.41. The fraction of sp³-hybridized carbons (Fsp3) is 0.217. The van der Waals surface area contributed by atoms with Gasteiger partial charge in [0, 0.05) is 97.9 Å². The van der Waals surface area contributed by atoms with Crippen LogP contribution in [0.15, 0.2) is 412 Å². The first kappa shape index (κ1) is 64.6. The normalized spacial score (nSPS) is 27.1. The predicted octanol–water partition coefficient (Wildman–Crippen LogP) is 31.2. The van der Waals surface area contributed by atoms with Crippen LogP contribution in [-0.4, -0.2) is 35.5 Å². The highest BCUT2D eigenvalue weighted by molar-refractivity contribution is 7.20. The number of rotatable bonds is 7. The molecule has 6 nitrogen and oxygen atoms in total. The topological polar surface area (TPSA) is 29.6 Å². The zero-order valence-electron chi connectivity index (χ0n) is 99.9. The van der Waals surface area contributed by atoms with Gasteiger partial charge < -0.3 is 27.4 Å². The second-order valence-electron chi connectivity index (χ2n) is 45.0. The van der Waals surface area contributed by atoms with Crippen molar-refractivity contribution in [2.24, 2.45) is 71.0 Å². The van der Waals surface area contributed by atoms with Crippen LogP contribution in [0.25, 0.3) is 165 Å². The molecule has 7 heteroatoms. The Morgan fingerprint density at radius 1 is 0.186 bits per heavy atom. The van der Waals surface area contributed by atoms with Crippen LogP contribution in [0.3, 0.4) is 0 Å². The maximum atomic E-state index is 9.42. The third kappa shape index (κ3) is 10.6. The first-order chi connectivity index (χ1) is 80.1. The second-order valence-corrected chi connectivity index (χ2v) is 48.8. The fourth-order valence-corrected chi connectivity index (χ4v) is 39.7. The largest absolute Gasteiger partial charge is 0.309 e. The van der Waals surface area contributed by atoms with Crippen LogP contribution >= 0.6 is 0 Å². The lowest BCUT2D eigenvalue weighted by molar-refractivity contribution is -0.0418. The van der Waals surface area contributed by atoms with Crippen LogP contribution in [0.5, 0.6) is 0 Å². The Hall–Kier alpha value is -15.0. The van der Waals surface area contributed by atoms with Gasteiger partial charge in [0.05, 0.1) is 111 Å². The van der Waals surface area contributed by atoms with Gasteiger partial charge in [0.15, 0.2) is 8.07 Å². The van der Waals surface area contributed by atoms with Crippen LogP contribution in [0.1, 0.15) is 157 Å². The third-order valence-corrected chi connectivity index (χ3v) is 43.7. The molecule has 0 unspecified atom stereocenters. The molecule has 3 aliphatic heterocycles. The number of para-hydroxylation sites is 11. The van der Waals surface area contributed by atoms with E-state index in [4.69, 9.17) is 21.9 Å². The summed E-state index contributed by atoms with van der Waals surface area (Å²) in [6.07, 6.45) is 18.9. The van der Waals surface area contributed by atoms with E-state index in [0.717, 1.165) is 84.7 Å². The van der Waals surface area contributed by atoms with Gasteiger partial charge in [0.25, 0.3) is 0 Å². The third-order valence-electron chi connectivity index (χ3n) is 39.0. The zero-order chi connectivity index (χ0) is 112. The highest BCUT2D eigenvalue weighted by Crippen LogP contribution is 2.73. The van der Waals surface area contributed by atoms with Gasteiger partial charge >= 0.3 is 0 Å². The van der Waals surface area contributed by atoms with Crippen LogP contribution in [0.2, 0.25) is 0 Å². The van der Waals surface area contributed by atoms with E-state index in [1.807, 2.05) is 36.4 Å². The molecule has 145 heavy (non-hydrogen) atoms. The first-order valence-electron chi connectivity index (χ1n) is 62.9. The molecular formula is C138H110N6Si. The van der Waals surface area contributed by atoms with Crippen LogP contribution in [-0.2, 0) is 16.2 Å². The molecule has 0 amide bonds. The smallest absolute Gasteiger partial charge is 0.179 e. The van der Waals surface area contributed by atoms with Gasteiger partial charge in [0.1, 0.15) is 0 Å². The second kappa shape index (κ2) is 29.9. The Morgan fingerprint density at radius 3 is 0.903 bits per heavy atom. The number of nitrogens with zero attached hydrogens (tertiary/aromatic N) is 6. The molecule has 6 aromatic heterocycles. The van der Waals surface area contributed by atoms with Gasteiger partial charge in [-0.1, -0.05) is 303 Å². The molecule has 12 aliphatic carbocycles. The first-order valence-corrected chi connectivity index (χ1v) is 54.9. The molecule has 39 rings (SSSR count). The maximum Gasteiger partial charge on any atom is 0.179 e. The standard InChI is InChI=1S/C58H46N2Si.2C40H32N2/c1-4-16-43(17-5-1)61(44-18-6-2-7-19-44,45-20-8-3-9-21-45)46-28-29-51-56(37-46)60-55-27-15-12-24-49(55)50-35-42(59-53-25-13-10-22-47(53)48-23-11-14-26-54(48)59)36-52(57(50)60)58(51)40-31-38-30-39(33-40)34-41(58)32-38;1-5-13-35-29(9-1)30-10-2-6-14-36(30)41(35)28-22-32-31-11-3-7-15-37(31)42-38-16-8-4-12-33(38)40(34(23-28)39(32)42)26-18-24-17-25(20-26)21-27(40)19-24;1-4-13-35-29(8-1)30-9-2-5-14-36(30)41(35)28-16-17-37-32(23-28)31-10-7-12-34-39(31)42(37)38-15-6-3-11-33(38)40(34)26-19-24-18-25(21-26)22-27(40)20-24/h1-29,35-41H,30-34H2;1-16,22-27H,17-21H2;1-17,23-27H,18-22H2/i10D,13D,22D,25D;1D,2D,5D,6D,9D,10D,13D,14D;1D,2D,4D,5D,8D,9D,13D,14D. The fourth-order valence-electron chi connectivity index (χ4n) is 34.9. The van der Waals surface area contributed by atoms with E-state index in [2.05, 4.69) is 273 Å². The highest BCUT2D eigenvalue weighted by Gasteiger charge is 2.65. The highest BCUT2D eigenvalue weighted by atomic mass is 28.3. The number of hydrogen-bond acceptors (Lipinski definition) is 0. The molecule has 24 aromatic rings. The Balaban J connectivity index is 0.000000103. The molecule has 3 spiro atoms. The van der Waals surface area contributed by atoms with E-state index < -0.39 is 56.4 Å². The van der Waals surface area contributed by atoms with Crippen LogP contribution in [0.4, 0.5) is 0 Å². The van der Waals surface area contributed by atoms with E-state index in [1.165, 1.54) is 200 Å². The van der Waals surface area contributed by atoms with Gasteiger partial charge in [-0.3, -0.25) is 0 Å². The van der Waals surface area contributed by atoms with Crippen molar-refractivity contribution in [3.8, 4) is 34.1 Å². The van der Waals surface area contributed by atoms with Crippen molar-refractivity contribution >= 4 is 160 Å². The number of hydrogen-bond donors (Lipinski definition) is 0. The molecule has 9 heterocycles. The van der Waals surface area contributed by atoms with E-state index in [0.29, 0.717) is 57.8 Å². The lowest BCUT2D eigenvalue weighted by Crippen LogP contribution is -2.74. The summed E-state index contributed by atoms with van der Waals surface area (Å²) in [6.45, 7) is 0. The van der Waals surface area contributed by atoms with Gasteiger partial charge in [-0.15, -0.1) is 0 Å². The molecule has 0 saturated heterocycles. The Labute approximate surface area is 872 Å². The van der Waals surface area contributed by atoms with Gasteiger partial charge in [-0.2, -0.15) is 0 Å². The monoisotopic (exact) mass is 1900 g/mol. The van der Waals surface area contributed by atoms with Gasteiger partial charge in [-0.05, 0) is 331 Å². The summed E-state index contributed by atoms with van der Waals surface area (Å²) < 4.78 is 190. The van der Waals surface area contributed by atoms with E-state index >= 15 is 0 Å². The molecule has 12 fully saturated rings. The molecule has 18 aromatic carbocycles. The number of benzene rings is 18. The quantitative estimate of drug-likeness (QED) is 0.112. The molecular weight excluding hydrogens is 1770 g/mol. The Bertz CT molecular complexity index is 10600. The molecule has 12 saturated carbocycles. The minimum absolute atomic E-state index is 0.00141. The molecule has 696 valence electrons. The minimum Gasteiger partial charge on any atom is -0.309 e. The van der Waals surface area contributed by atoms with E-state index in [-0.39, 0.29) is 132 Å². The van der Waals surface area contributed by atoms with Crippen molar-refractivity contribution in [3.05, 3.63) is 445 Å². The summed E-state index contributed by atoms with van der Waals surface area (Å²) in [5.41, 5.74) is 22.8. The summed E-state index contributed by atoms with van der Waals surface area (Å²) in [4.78, 5) is 0. The van der Waals surface area contributed by atoms with Gasteiger partial charge in [0.2, 0.25) is 0 Å². The SMILES string of the molecule is [2H]c1c([2H])c([2H])c2c(c1[2H])c1c([2H])c([2H])c([2H])c([2H])c1n2-c1cc2c3c(c1)c1ccccc1n3-c1ccccc1C21C2CC3CC(C2)CC1C3.[2H]c1c([2H])c([2H])c2c(c1[2H])c1c([2H])c([2H])c([2H])c([2H])c1n2-c1ccc2c(c1)c1cccc3c1n2-c1ccccc1C31C2CC3CC(C2)CC1C3.[2H]c1c([2H])c([2H])c2c(c1[2H])c1ccccc1n2-c1cc2c3c(c1)c1ccccc1n3-c1cc([Si](c3ccccc3)(c3ccccc3)c3ccccc3)ccc1C21C2CC3CC(C2)CC1C3. The minimum atomic E-state index is -2.87. The molecule has 15 aliphatic rings. The lowest BCUT2D eigenvalue weighted by Gasteiger charge is -2.63. The summed E-state index contributed by atoms with van der Waals surface area (Å²) >= 11 is 0. The maximum absolute atomic E-state index is 9.42. The Morgan fingerprint density at radius 2 is 0.483 bits per heavy atom. The molecule has 0 N–H and O–H groups in total. The van der Waals surface area contributed by atoms with Crippen LogP contribution < -0.4 is 20.7 Å². The summed E-state index contributed by atoms with van der Waals surface area (Å²) in [5, 5.41) is 13.9. The summed E-state index contributed by atoms with van der Waals surface area (Å²) in [6, 6.07) is 101. The molecule has 0 atom stereocenters. The van der Waals surface area contributed by atoms with E-state index in [1.54, 1.807) is 9.13 Å². The predicted molar refractivity (Wildman–Crippen MR) is 602 cm³/mol. The average Bonchev–Trinajstić information content (AvgIpc) is 1.59. The zero-order valence-corrected chi connectivity index (χ0v) is 80.9. The van der Waals surface area contributed by atoms with Crippen molar-refractivity contribution in [2.45, 2.75) is 113 Å². The van der Waals surface area contributed by atoms with Crippen molar-refractivity contribution in [3.63, 3.8) is 0 Å². The molecule has 0 radical (unpaired) electrons. The number of aromatic nitrogens is 6. The van der Waals surface area contributed by atoms with Crippen molar-refractivity contribution in [1.29, 1.82) is 0 Å². The van der Waals surface area contributed by atoms with Crippen molar-refractivity contribution in [2.75, 3.05) is 0 Å². The summed E-state index contributed by atoms with van der Waals surface area (Å²) in [5.74, 6) is 7.78. The van der Waals surface area contributed by atoms with Crippen molar-refractivity contribution in [1.82, 2.24) is 27.4 Å².